The second-order valence-electron chi connectivity index (χ2n) is 5.35. The molecule has 0 aromatic heterocycles. The number of benzene rings is 1. The third kappa shape index (κ3) is 4.78. The quantitative estimate of drug-likeness (QED) is 0.875. The highest BCUT2D eigenvalue weighted by molar-refractivity contribution is 5.90. The van der Waals surface area contributed by atoms with Crippen molar-refractivity contribution >= 4 is 24.0 Å². The third-order valence-electron chi connectivity index (χ3n) is 3.81. The standard InChI is InChI=1S/C15H23N3O.ClH/c1-12-9-13(10-16)11-18(12)8-7-15(19)17-14-5-3-2-4-6-14;/h2-6,12-13H,7-11,16H2,1H3,(H,17,19);1H. The zero-order chi connectivity index (χ0) is 13.7. The predicted octanol–water partition coefficient (Wildman–Crippen LogP) is 2.11. The maximum Gasteiger partial charge on any atom is 0.225 e. The second-order valence-corrected chi connectivity index (χ2v) is 5.35. The van der Waals surface area contributed by atoms with Crippen molar-refractivity contribution in [3.05, 3.63) is 30.3 Å². The minimum absolute atomic E-state index is 0. The highest BCUT2D eigenvalue weighted by Crippen LogP contribution is 2.22. The normalized spacial score (nSPS) is 22.3. The average Bonchev–Trinajstić information content (AvgIpc) is 2.78. The van der Waals surface area contributed by atoms with E-state index in [2.05, 4.69) is 17.1 Å². The summed E-state index contributed by atoms with van der Waals surface area (Å²) in [5.74, 6) is 0.668. The number of halogens is 1. The lowest BCUT2D eigenvalue weighted by atomic mass is 10.1. The number of hydrogen-bond donors (Lipinski definition) is 2. The van der Waals surface area contributed by atoms with E-state index in [-0.39, 0.29) is 18.3 Å². The van der Waals surface area contributed by atoms with E-state index in [1.165, 1.54) is 0 Å². The van der Waals surface area contributed by atoms with Gasteiger partial charge in [0.15, 0.2) is 0 Å². The van der Waals surface area contributed by atoms with Crippen LogP contribution in [-0.2, 0) is 4.79 Å². The molecule has 1 heterocycles. The van der Waals surface area contributed by atoms with Crippen molar-refractivity contribution in [2.75, 3.05) is 25.0 Å². The van der Waals surface area contributed by atoms with Crippen molar-refractivity contribution in [1.29, 1.82) is 0 Å². The Kier molecular flexibility index (Phi) is 6.99. The Morgan fingerprint density at radius 1 is 1.40 bits per heavy atom. The average molecular weight is 298 g/mol. The van der Waals surface area contributed by atoms with Gasteiger partial charge in [-0.2, -0.15) is 0 Å². The molecule has 1 amide bonds. The molecule has 4 nitrogen and oxygen atoms in total. The number of hydrogen-bond acceptors (Lipinski definition) is 3. The van der Waals surface area contributed by atoms with Crippen molar-refractivity contribution in [1.82, 2.24) is 4.90 Å². The summed E-state index contributed by atoms with van der Waals surface area (Å²) in [7, 11) is 0. The molecular weight excluding hydrogens is 274 g/mol. The first-order valence-electron chi connectivity index (χ1n) is 6.98. The summed E-state index contributed by atoms with van der Waals surface area (Å²) in [4.78, 5) is 14.2. The summed E-state index contributed by atoms with van der Waals surface area (Å²) in [6.07, 6.45) is 1.69. The van der Waals surface area contributed by atoms with Crippen molar-refractivity contribution in [3.63, 3.8) is 0 Å². The van der Waals surface area contributed by atoms with Gasteiger partial charge in [-0.15, -0.1) is 12.4 Å². The van der Waals surface area contributed by atoms with Crippen molar-refractivity contribution in [2.24, 2.45) is 11.7 Å². The summed E-state index contributed by atoms with van der Waals surface area (Å²) in [6.45, 7) is 4.80. The van der Waals surface area contributed by atoms with Gasteiger partial charge in [-0.25, -0.2) is 0 Å². The molecule has 1 aliphatic rings. The fraction of sp³-hybridized carbons (Fsp3) is 0.533. The van der Waals surface area contributed by atoms with E-state index in [1.807, 2.05) is 30.3 Å². The Bertz CT molecular complexity index is 413. The molecule has 1 saturated heterocycles. The van der Waals surface area contributed by atoms with Gasteiger partial charge in [0.25, 0.3) is 0 Å². The van der Waals surface area contributed by atoms with Crippen LogP contribution in [0.1, 0.15) is 19.8 Å². The van der Waals surface area contributed by atoms with Crippen LogP contribution in [0.3, 0.4) is 0 Å². The zero-order valence-electron chi connectivity index (χ0n) is 11.9. The lowest BCUT2D eigenvalue weighted by Crippen LogP contribution is -2.31. The van der Waals surface area contributed by atoms with Crippen LogP contribution in [0.2, 0.25) is 0 Å². The zero-order valence-corrected chi connectivity index (χ0v) is 12.7. The number of para-hydroxylation sites is 1. The molecule has 20 heavy (non-hydrogen) atoms. The molecule has 1 aliphatic heterocycles. The van der Waals surface area contributed by atoms with Crippen molar-refractivity contribution in [3.8, 4) is 0 Å². The molecule has 0 bridgehead atoms. The maximum atomic E-state index is 11.9. The Labute approximate surface area is 127 Å². The van der Waals surface area contributed by atoms with E-state index in [0.717, 1.165) is 31.7 Å². The van der Waals surface area contributed by atoms with Crippen LogP contribution in [0, 0.1) is 5.92 Å². The molecule has 2 rings (SSSR count). The van der Waals surface area contributed by atoms with E-state index in [9.17, 15) is 4.79 Å². The summed E-state index contributed by atoms with van der Waals surface area (Å²) < 4.78 is 0. The fourth-order valence-corrected chi connectivity index (χ4v) is 2.69. The number of anilines is 1. The van der Waals surface area contributed by atoms with Gasteiger partial charge in [0.2, 0.25) is 5.91 Å². The number of rotatable bonds is 5. The van der Waals surface area contributed by atoms with Crippen molar-refractivity contribution < 1.29 is 4.79 Å². The first-order chi connectivity index (χ1) is 9.19. The summed E-state index contributed by atoms with van der Waals surface area (Å²) in [5, 5.41) is 2.92. The van der Waals surface area contributed by atoms with Crippen LogP contribution in [0.25, 0.3) is 0 Å². The second kappa shape index (κ2) is 8.25. The van der Waals surface area contributed by atoms with Crippen molar-refractivity contribution in [2.45, 2.75) is 25.8 Å². The molecular formula is C15H24ClN3O. The SMILES string of the molecule is CC1CC(CN)CN1CCC(=O)Nc1ccccc1.Cl. The number of nitrogens with two attached hydrogens (primary N) is 1. The van der Waals surface area contributed by atoms with Gasteiger partial charge < -0.3 is 11.1 Å². The van der Waals surface area contributed by atoms with Gasteiger partial charge in [-0.1, -0.05) is 18.2 Å². The maximum absolute atomic E-state index is 11.9. The van der Waals surface area contributed by atoms with Gasteiger partial charge in [0, 0.05) is 31.2 Å². The molecule has 2 unspecified atom stereocenters. The highest BCUT2D eigenvalue weighted by Gasteiger charge is 2.27. The minimum atomic E-state index is 0. The molecule has 0 aliphatic carbocycles. The van der Waals surface area contributed by atoms with Gasteiger partial charge in [-0.05, 0) is 37.9 Å². The van der Waals surface area contributed by atoms with E-state index in [1.54, 1.807) is 0 Å². The molecule has 112 valence electrons. The molecule has 1 fully saturated rings. The number of carbonyl (C=O) groups is 1. The van der Waals surface area contributed by atoms with E-state index < -0.39 is 0 Å². The number of amides is 1. The van der Waals surface area contributed by atoms with Crippen LogP contribution in [0.4, 0.5) is 5.69 Å². The minimum Gasteiger partial charge on any atom is -0.330 e. The summed E-state index contributed by atoms with van der Waals surface area (Å²) >= 11 is 0. The third-order valence-corrected chi connectivity index (χ3v) is 3.81. The molecule has 0 radical (unpaired) electrons. The Morgan fingerprint density at radius 3 is 2.70 bits per heavy atom. The Balaban J connectivity index is 0.00000200. The summed E-state index contributed by atoms with van der Waals surface area (Å²) in [5.41, 5.74) is 6.57. The van der Waals surface area contributed by atoms with Crippen LogP contribution in [0.15, 0.2) is 30.3 Å². The largest absolute Gasteiger partial charge is 0.330 e. The van der Waals surface area contributed by atoms with Crippen LogP contribution >= 0.6 is 12.4 Å². The number of likely N-dealkylation sites (tertiary alicyclic amines) is 1. The molecule has 3 N–H and O–H groups in total. The van der Waals surface area contributed by atoms with E-state index in [0.29, 0.717) is 18.4 Å². The molecule has 1 aromatic carbocycles. The van der Waals surface area contributed by atoms with Gasteiger partial charge >= 0.3 is 0 Å². The number of nitrogens with one attached hydrogen (secondary N) is 1. The van der Waals surface area contributed by atoms with Gasteiger partial charge in [0.05, 0.1) is 0 Å². The van der Waals surface area contributed by atoms with Crippen LogP contribution < -0.4 is 11.1 Å². The molecule has 1 aromatic rings. The monoisotopic (exact) mass is 297 g/mol. The highest BCUT2D eigenvalue weighted by atomic mass is 35.5. The first kappa shape index (κ1) is 17.0. The lowest BCUT2D eigenvalue weighted by molar-refractivity contribution is -0.116. The topological polar surface area (TPSA) is 58.4 Å². The lowest BCUT2D eigenvalue weighted by Gasteiger charge is -2.20. The number of carbonyl (C=O) groups excluding carboxylic acids is 1. The van der Waals surface area contributed by atoms with Crippen LogP contribution in [-0.4, -0.2) is 36.5 Å². The molecule has 5 heteroatoms. The van der Waals surface area contributed by atoms with Crippen LogP contribution in [0.5, 0.6) is 0 Å². The molecule has 0 spiro atoms. The molecule has 2 atom stereocenters. The summed E-state index contributed by atoms with van der Waals surface area (Å²) in [6, 6.07) is 10.1. The fourth-order valence-electron chi connectivity index (χ4n) is 2.69. The number of nitrogens with zero attached hydrogens (tertiary/aromatic N) is 1. The predicted molar refractivity (Wildman–Crippen MR) is 85.1 cm³/mol. The van der Waals surface area contributed by atoms with Gasteiger partial charge in [-0.3, -0.25) is 9.69 Å². The van der Waals surface area contributed by atoms with Gasteiger partial charge in [0.1, 0.15) is 0 Å². The van der Waals surface area contributed by atoms with E-state index >= 15 is 0 Å². The Hall–Kier alpha value is -1.10. The van der Waals surface area contributed by atoms with E-state index in [4.69, 9.17) is 5.73 Å². The Morgan fingerprint density at radius 2 is 2.10 bits per heavy atom. The first-order valence-corrected chi connectivity index (χ1v) is 6.98. The smallest absolute Gasteiger partial charge is 0.225 e. The molecule has 0 saturated carbocycles.